The van der Waals surface area contributed by atoms with Crippen LogP contribution in [0.1, 0.15) is 85.5 Å². The van der Waals surface area contributed by atoms with Gasteiger partial charge in [0.1, 0.15) is 0 Å². The molecule has 0 radical (unpaired) electrons. The number of carbonyl (C=O) groups excluding carboxylic acids is 2. The van der Waals surface area contributed by atoms with Crippen LogP contribution in [0.4, 0.5) is 0 Å². The van der Waals surface area contributed by atoms with E-state index in [4.69, 9.17) is 0 Å². The average Bonchev–Trinajstić information content (AvgIpc) is 2.42. The number of aliphatic carboxylic acids is 2. The number of carboxylic acid groups (broad SMARTS) is 2. The normalized spacial score (nSPS) is 17.0. The number of hydrogen-bond acceptors (Lipinski definition) is 4. The fourth-order valence-electron chi connectivity index (χ4n) is 2.66. The van der Waals surface area contributed by atoms with Crippen molar-refractivity contribution >= 4 is 11.9 Å². The van der Waals surface area contributed by atoms with E-state index in [1.807, 2.05) is 13.8 Å². The molecule has 0 aromatic rings. The molecule has 0 rings (SSSR count). The molecule has 2 atom stereocenters. The highest BCUT2D eigenvalue weighted by Gasteiger charge is 2.29. The van der Waals surface area contributed by atoms with Gasteiger partial charge < -0.3 is 19.8 Å². The molecule has 124 valence electrons. The zero-order chi connectivity index (χ0) is 16.5. The van der Waals surface area contributed by atoms with Crippen LogP contribution in [0.15, 0.2) is 0 Å². The van der Waals surface area contributed by atoms with E-state index in [1.165, 1.54) is 0 Å². The van der Waals surface area contributed by atoms with Crippen LogP contribution in [-0.2, 0) is 9.59 Å². The van der Waals surface area contributed by atoms with Gasteiger partial charge in [-0.2, -0.15) is 0 Å². The van der Waals surface area contributed by atoms with Crippen molar-refractivity contribution in [1.82, 2.24) is 0 Å². The van der Waals surface area contributed by atoms with Crippen molar-refractivity contribution < 1.29 is 19.8 Å². The molecule has 0 spiro atoms. The van der Waals surface area contributed by atoms with E-state index in [0.717, 1.165) is 25.7 Å². The second-order valence-electron chi connectivity index (χ2n) is 6.76. The molecule has 0 fully saturated rings. The van der Waals surface area contributed by atoms with Crippen LogP contribution < -0.4 is 10.2 Å². The summed E-state index contributed by atoms with van der Waals surface area (Å²) in [7, 11) is 0. The highest BCUT2D eigenvalue weighted by Crippen LogP contribution is 2.35. The van der Waals surface area contributed by atoms with Crippen molar-refractivity contribution in [1.29, 1.82) is 0 Å². The molecule has 0 heterocycles. The molecule has 0 aliphatic carbocycles. The first kappa shape index (κ1) is 19.9. The molecule has 4 heteroatoms. The Bertz CT molecular complexity index is 308. The van der Waals surface area contributed by atoms with Crippen LogP contribution in [0.2, 0.25) is 0 Å². The monoisotopic (exact) mass is 298 g/mol. The fraction of sp³-hybridized carbons (Fsp3) is 0.882. The summed E-state index contributed by atoms with van der Waals surface area (Å²) >= 11 is 0. The van der Waals surface area contributed by atoms with E-state index in [0.29, 0.717) is 32.1 Å². The van der Waals surface area contributed by atoms with Crippen LogP contribution in [0.25, 0.3) is 0 Å². The Labute approximate surface area is 128 Å². The van der Waals surface area contributed by atoms with Crippen LogP contribution in [0, 0.1) is 10.8 Å². The molecule has 0 aromatic heterocycles. The second kappa shape index (κ2) is 9.06. The zero-order valence-corrected chi connectivity index (χ0v) is 14.0. The molecule has 0 bridgehead atoms. The molecule has 0 aromatic carbocycles. The van der Waals surface area contributed by atoms with Crippen molar-refractivity contribution in [3.05, 3.63) is 0 Å². The number of carboxylic acids is 2. The summed E-state index contributed by atoms with van der Waals surface area (Å²) in [5, 5.41) is 22.7. The van der Waals surface area contributed by atoms with E-state index in [2.05, 4.69) is 0 Å². The number of rotatable bonds is 12. The van der Waals surface area contributed by atoms with E-state index in [-0.39, 0.29) is 0 Å². The van der Waals surface area contributed by atoms with Crippen molar-refractivity contribution in [2.24, 2.45) is 10.8 Å². The van der Waals surface area contributed by atoms with E-state index < -0.39 is 22.8 Å². The standard InChI is InChI=1S/C17H32O4/c1-5-7-10-16(3,14(18)19)12-9-13-17(4,15(20)21)11-8-6-2/h5-13H2,1-4H3,(H,18,19)(H,20,21)/p-2. The second-order valence-corrected chi connectivity index (χ2v) is 6.76. The highest BCUT2D eigenvalue weighted by molar-refractivity contribution is 5.72. The quantitative estimate of drug-likeness (QED) is 0.552. The smallest absolute Gasteiger partial charge is 0.0473 e. The Morgan fingerprint density at radius 2 is 1.00 bits per heavy atom. The van der Waals surface area contributed by atoms with Gasteiger partial charge in [-0.3, -0.25) is 0 Å². The van der Waals surface area contributed by atoms with Gasteiger partial charge >= 0.3 is 0 Å². The minimum atomic E-state index is -1.03. The van der Waals surface area contributed by atoms with Gasteiger partial charge in [0, 0.05) is 22.8 Å². The summed E-state index contributed by atoms with van der Waals surface area (Å²) in [5.74, 6) is -2.06. The Morgan fingerprint density at radius 3 is 1.24 bits per heavy atom. The molecule has 21 heavy (non-hydrogen) atoms. The molecular weight excluding hydrogens is 268 g/mol. The Kier molecular flexibility index (Phi) is 8.60. The minimum absolute atomic E-state index is 0.463. The number of unbranched alkanes of at least 4 members (excludes halogenated alkanes) is 2. The number of hydrogen-bond donors (Lipinski definition) is 0. The van der Waals surface area contributed by atoms with Gasteiger partial charge in [-0.1, -0.05) is 59.8 Å². The van der Waals surface area contributed by atoms with Crippen molar-refractivity contribution in [2.45, 2.75) is 85.5 Å². The lowest BCUT2D eigenvalue weighted by atomic mass is 9.75. The SMILES string of the molecule is CCCCC(C)(CCCC(C)(CCCC)C(=O)[O-])C(=O)[O-]. The predicted molar refractivity (Wildman–Crippen MR) is 79.1 cm³/mol. The summed E-state index contributed by atoms with van der Waals surface area (Å²) in [6.45, 7) is 7.46. The first-order chi connectivity index (χ1) is 9.72. The Hall–Kier alpha value is -1.06. The van der Waals surface area contributed by atoms with Gasteiger partial charge in [0.15, 0.2) is 0 Å². The van der Waals surface area contributed by atoms with Gasteiger partial charge in [-0.15, -0.1) is 0 Å². The van der Waals surface area contributed by atoms with Gasteiger partial charge in [-0.05, 0) is 25.7 Å². The van der Waals surface area contributed by atoms with Crippen LogP contribution in [-0.4, -0.2) is 11.9 Å². The van der Waals surface area contributed by atoms with Crippen LogP contribution >= 0.6 is 0 Å². The minimum Gasteiger partial charge on any atom is -0.550 e. The first-order valence-corrected chi connectivity index (χ1v) is 8.14. The summed E-state index contributed by atoms with van der Waals surface area (Å²) in [5.41, 5.74) is -1.71. The van der Waals surface area contributed by atoms with Gasteiger partial charge in [0.05, 0.1) is 0 Å². The molecular formula is C17H30O4-2. The maximum absolute atomic E-state index is 11.3. The lowest BCUT2D eigenvalue weighted by molar-refractivity contribution is -0.319. The van der Waals surface area contributed by atoms with Crippen molar-refractivity contribution in [3.63, 3.8) is 0 Å². The maximum Gasteiger partial charge on any atom is 0.0473 e. The lowest BCUT2D eigenvalue weighted by Gasteiger charge is -2.34. The largest absolute Gasteiger partial charge is 0.550 e. The Balaban J connectivity index is 4.58. The van der Waals surface area contributed by atoms with E-state index in [9.17, 15) is 19.8 Å². The van der Waals surface area contributed by atoms with Crippen molar-refractivity contribution in [3.8, 4) is 0 Å². The molecule has 0 aliphatic rings. The summed E-state index contributed by atoms with van der Waals surface area (Å²) in [6, 6.07) is 0. The highest BCUT2D eigenvalue weighted by atomic mass is 16.4. The average molecular weight is 298 g/mol. The molecule has 0 N–H and O–H groups in total. The third-order valence-electron chi connectivity index (χ3n) is 4.61. The van der Waals surface area contributed by atoms with Gasteiger partial charge in [-0.25, -0.2) is 0 Å². The molecule has 2 unspecified atom stereocenters. The molecule has 0 aliphatic heterocycles. The third-order valence-corrected chi connectivity index (χ3v) is 4.61. The first-order valence-electron chi connectivity index (χ1n) is 8.14. The fourth-order valence-corrected chi connectivity index (χ4v) is 2.66. The molecule has 0 saturated carbocycles. The summed E-state index contributed by atoms with van der Waals surface area (Å²) in [4.78, 5) is 22.7. The number of carbonyl (C=O) groups is 2. The van der Waals surface area contributed by atoms with E-state index >= 15 is 0 Å². The van der Waals surface area contributed by atoms with Crippen LogP contribution in [0.3, 0.4) is 0 Å². The third kappa shape index (κ3) is 6.49. The molecule has 0 saturated heterocycles. The Morgan fingerprint density at radius 1 is 0.714 bits per heavy atom. The van der Waals surface area contributed by atoms with Gasteiger partial charge in [0.25, 0.3) is 0 Å². The molecule has 0 amide bonds. The lowest BCUT2D eigenvalue weighted by Crippen LogP contribution is -2.42. The topological polar surface area (TPSA) is 80.3 Å². The summed E-state index contributed by atoms with van der Waals surface area (Å²) in [6.07, 6.45) is 6.24. The van der Waals surface area contributed by atoms with Crippen LogP contribution in [0.5, 0.6) is 0 Å². The van der Waals surface area contributed by atoms with Gasteiger partial charge in [0.2, 0.25) is 0 Å². The maximum atomic E-state index is 11.3. The zero-order valence-electron chi connectivity index (χ0n) is 14.0. The predicted octanol–water partition coefficient (Wildman–Crippen LogP) is 2.05. The van der Waals surface area contributed by atoms with E-state index in [1.54, 1.807) is 13.8 Å². The summed E-state index contributed by atoms with van der Waals surface area (Å²) < 4.78 is 0. The van der Waals surface area contributed by atoms with Crippen molar-refractivity contribution in [2.75, 3.05) is 0 Å². The molecule has 4 nitrogen and oxygen atoms in total.